The first-order valence-corrected chi connectivity index (χ1v) is 4.94. The van der Waals surface area contributed by atoms with Crippen molar-refractivity contribution in [1.82, 2.24) is 4.98 Å². The van der Waals surface area contributed by atoms with Crippen LogP contribution in [0.25, 0.3) is 0 Å². The van der Waals surface area contributed by atoms with Gasteiger partial charge in [0.25, 0.3) is 0 Å². The summed E-state index contributed by atoms with van der Waals surface area (Å²) >= 11 is 0. The van der Waals surface area contributed by atoms with Crippen molar-refractivity contribution < 1.29 is 9.47 Å². The van der Waals surface area contributed by atoms with Gasteiger partial charge in [0.2, 0.25) is 0 Å². The summed E-state index contributed by atoms with van der Waals surface area (Å²) in [5.74, 6) is 1.60. The molecule has 0 atom stereocenters. The Hall–Kier alpha value is -1.09. The van der Waals surface area contributed by atoms with Crippen LogP contribution in [0, 0.1) is 5.92 Å². The van der Waals surface area contributed by atoms with Crippen LogP contribution < -0.4 is 4.74 Å². The van der Waals surface area contributed by atoms with Crippen molar-refractivity contribution in [3.05, 3.63) is 24.5 Å². The topological polar surface area (TPSA) is 31.4 Å². The highest BCUT2D eigenvalue weighted by atomic mass is 16.5. The first kappa shape index (κ1) is 9.46. The van der Waals surface area contributed by atoms with Gasteiger partial charge in [0.15, 0.2) is 0 Å². The van der Waals surface area contributed by atoms with Crippen LogP contribution in [0.15, 0.2) is 24.5 Å². The zero-order valence-corrected chi connectivity index (χ0v) is 8.35. The molecule has 0 radical (unpaired) electrons. The summed E-state index contributed by atoms with van der Waals surface area (Å²) in [5.41, 5.74) is 0. The molecular weight excluding hydrogens is 178 g/mol. The van der Waals surface area contributed by atoms with E-state index in [1.807, 2.05) is 12.1 Å². The van der Waals surface area contributed by atoms with Gasteiger partial charge in [0.05, 0.1) is 6.10 Å². The monoisotopic (exact) mass is 193 g/mol. The molecule has 2 rings (SSSR count). The van der Waals surface area contributed by atoms with Crippen LogP contribution in [0.1, 0.15) is 12.8 Å². The van der Waals surface area contributed by atoms with Crippen molar-refractivity contribution >= 4 is 0 Å². The van der Waals surface area contributed by atoms with E-state index in [4.69, 9.17) is 9.47 Å². The summed E-state index contributed by atoms with van der Waals surface area (Å²) in [6.45, 7) is 0.857. The first-order chi connectivity index (χ1) is 6.88. The number of aromatic nitrogens is 1. The zero-order valence-electron chi connectivity index (χ0n) is 8.35. The van der Waals surface area contributed by atoms with E-state index in [0.29, 0.717) is 12.0 Å². The van der Waals surface area contributed by atoms with Crippen LogP contribution in [0.4, 0.5) is 0 Å². The molecule has 0 N–H and O–H groups in total. The molecule has 14 heavy (non-hydrogen) atoms. The Morgan fingerprint density at radius 1 is 1.36 bits per heavy atom. The van der Waals surface area contributed by atoms with Gasteiger partial charge in [-0.15, -0.1) is 0 Å². The first-order valence-electron chi connectivity index (χ1n) is 4.94. The minimum Gasteiger partial charge on any atom is -0.490 e. The van der Waals surface area contributed by atoms with Crippen molar-refractivity contribution in [1.29, 1.82) is 0 Å². The summed E-state index contributed by atoms with van der Waals surface area (Å²) in [6.07, 6.45) is 6.09. The number of ether oxygens (including phenoxy) is 2. The number of hydrogen-bond donors (Lipinski definition) is 0. The van der Waals surface area contributed by atoms with Crippen LogP contribution in [-0.2, 0) is 4.74 Å². The Labute approximate surface area is 84.1 Å². The van der Waals surface area contributed by atoms with Gasteiger partial charge in [-0.25, -0.2) is 0 Å². The van der Waals surface area contributed by atoms with E-state index in [1.54, 1.807) is 19.5 Å². The van der Waals surface area contributed by atoms with Crippen LogP contribution in [0.3, 0.4) is 0 Å². The Bertz CT molecular complexity index is 270. The van der Waals surface area contributed by atoms with E-state index < -0.39 is 0 Å². The maximum atomic E-state index is 5.73. The predicted octanol–water partition coefficient (Wildman–Crippen LogP) is 1.89. The van der Waals surface area contributed by atoms with Crippen molar-refractivity contribution in [2.24, 2.45) is 5.92 Å². The maximum absolute atomic E-state index is 5.73. The minimum absolute atomic E-state index is 0.373. The smallest absolute Gasteiger partial charge is 0.122 e. The van der Waals surface area contributed by atoms with Crippen LogP contribution in [-0.4, -0.2) is 24.8 Å². The highest BCUT2D eigenvalue weighted by Crippen LogP contribution is 2.31. The van der Waals surface area contributed by atoms with Crippen molar-refractivity contribution in [3.8, 4) is 5.75 Å². The van der Waals surface area contributed by atoms with Crippen molar-refractivity contribution in [2.45, 2.75) is 18.9 Å². The van der Waals surface area contributed by atoms with Crippen molar-refractivity contribution in [3.63, 3.8) is 0 Å². The lowest BCUT2D eigenvalue weighted by Crippen LogP contribution is -2.36. The molecule has 0 bridgehead atoms. The Balaban J connectivity index is 1.74. The Morgan fingerprint density at radius 2 is 2.07 bits per heavy atom. The van der Waals surface area contributed by atoms with Crippen molar-refractivity contribution in [2.75, 3.05) is 13.7 Å². The second-order valence-corrected chi connectivity index (χ2v) is 3.72. The summed E-state index contributed by atoms with van der Waals surface area (Å²) < 4.78 is 10.8. The fourth-order valence-electron chi connectivity index (χ4n) is 1.75. The number of rotatable bonds is 4. The zero-order chi connectivity index (χ0) is 9.80. The molecule has 3 heteroatoms. The summed E-state index contributed by atoms with van der Waals surface area (Å²) in [5, 5.41) is 0. The molecule has 0 unspecified atom stereocenters. The van der Waals surface area contributed by atoms with Crippen LogP contribution in [0.2, 0.25) is 0 Å². The second-order valence-electron chi connectivity index (χ2n) is 3.72. The second kappa shape index (κ2) is 4.42. The summed E-state index contributed by atoms with van der Waals surface area (Å²) in [6, 6.07) is 3.79. The number of nitrogens with zero attached hydrogens (tertiary/aromatic N) is 1. The normalized spacial score (nSPS) is 25.5. The van der Waals surface area contributed by atoms with Gasteiger partial charge in [-0.3, -0.25) is 4.98 Å². The molecule has 0 aromatic carbocycles. The quantitative estimate of drug-likeness (QED) is 0.731. The fourth-order valence-corrected chi connectivity index (χ4v) is 1.75. The molecule has 1 aliphatic carbocycles. The summed E-state index contributed by atoms with van der Waals surface area (Å²) in [4.78, 5) is 3.94. The molecule has 1 aromatic rings. The molecular formula is C11H15NO2. The van der Waals surface area contributed by atoms with Crippen LogP contribution >= 0.6 is 0 Å². The molecule has 1 aromatic heterocycles. The summed E-state index contributed by atoms with van der Waals surface area (Å²) in [7, 11) is 1.75. The van der Waals surface area contributed by atoms with Gasteiger partial charge in [0.1, 0.15) is 5.75 Å². The highest BCUT2D eigenvalue weighted by Gasteiger charge is 2.30. The lowest BCUT2D eigenvalue weighted by atomic mass is 9.83. The maximum Gasteiger partial charge on any atom is 0.122 e. The largest absolute Gasteiger partial charge is 0.490 e. The number of hydrogen-bond acceptors (Lipinski definition) is 3. The van der Waals surface area contributed by atoms with Gasteiger partial charge in [-0.05, 0) is 30.9 Å². The third-order valence-corrected chi connectivity index (χ3v) is 2.55. The fraction of sp³-hybridized carbons (Fsp3) is 0.545. The average Bonchev–Trinajstić information content (AvgIpc) is 2.16. The molecule has 0 saturated heterocycles. The molecule has 0 aliphatic heterocycles. The van der Waals surface area contributed by atoms with E-state index in [2.05, 4.69) is 4.98 Å². The average molecular weight is 193 g/mol. The van der Waals surface area contributed by atoms with Gasteiger partial charge in [-0.1, -0.05) is 0 Å². The van der Waals surface area contributed by atoms with E-state index in [0.717, 1.165) is 25.2 Å². The van der Waals surface area contributed by atoms with Gasteiger partial charge >= 0.3 is 0 Å². The highest BCUT2D eigenvalue weighted by molar-refractivity contribution is 5.17. The lowest BCUT2D eigenvalue weighted by molar-refractivity contribution is 0.0181. The molecule has 1 fully saturated rings. The van der Waals surface area contributed by atoms with Gasteiger partial charge < -0.3 is 9.47 Å². The third kappa shape index (κ3) is 2.23. The number of methoxy groups -OCH3 is 1. The Morgan fingerprint density at radius 3 is 2.71 bits per heavy atom. The molecule has 0 amide bonds. The molecule has 0 spiro atoms. The molecule has 1 aliphatic rings. The van der Waals surface area contributed by atoms with E-state index >= 15 is 0 Å². The number of pyridine rings is 1. The predicted molar refractivity (Wildman–Crippen MR) is 53.3 cm³/mol. The third-order valence-electron chi connectivity index (χ3n) is 2.55. The minimum atomic E-state index is 0.373. The van der Waals surface area contributed by atoms with Gasteiger partial charge in [0, 0.05) is 26.1 Å². The molecule has 1 heterocycles. The van der Waals surface area contributed by atoms with E-state index in [1.165, 1.54) is 0 Å². The lowest BCUT2D eigenvalue weighted by Gasteiger charge is -2.34. The van der Waals surface area contributed by atoms with Crippen LogP contribution in [0.5, 0.6) is 5.75 Å². The Kier molecular flexibility index (Phi) is 2.99. The SMILES string of the molecule is COCC1CC(Oc2ccncc2)C1. The molecule has 3 nitrogen and oxygen atoms in total. The molecule has 76 valence electrons. The molecule has 1 saturated carbocycles. The van der Waals surface area contributed by atoms with E-state index in [-0.39, 0.29) is 0 Å². The standard InChI is InChI=1S/C11H15NO2/c1-13-8-9-6-11(7-9)14-10-2-4-12-5-3-10/h2-5,9,11H,6-8H2,1H3. The van der Waals surface area contributed by atoms with Gasteiger partial charge in [-0.2, -0.15) is 0 Å². The van der Waals surface area contributed by atoms with E-state index in [9.17, 15) is 0 Å².